The summed E-state index contributed by atoms with van der Waals surface area (Å²) < 4.78 is 57.6. The Hall–Kier alpha value is -1.44. The van der Waals surface area contributed by atoms with E-state index in [1.165, 1.54) is 7.11 Å². The maximum Gasteiger partial charge on any atom is 0.490 e. The van der Waals surface area contributed by atoms with Crippen LogP contribution in [0.3, 0.4) is 0 Å². The van der Waals surface area contributed by atoms with Crippen LogP contribution in [0.15, 0.2) is 30.5 Å². The molecule has 1 saturated heterocycles. The van der Waals surface area contributed by atoms with Crippen LogP contribution in [0.2, 0.25) is 0 Å². The van der Waals surface area contributed by atoms with Gasteiger partial charge in [0.1, 0.15) is 12.3 Å². The van der Waals surface area contributed by atoms with Crippen LogP contribution in [0, 0.1) is 0 Å². The minimum absolute atomic E-state index is 0.0486. The van der Waals surface area contributed by atoms with Gasteiger partial charge in [0.15, 0.2) is 0 Å². The van der Waals surface area contributed by atoms with Gasteiger partial charge in [0.25, 0.3) is 0 Å². The molecule has 0 spiro atoms. The second-order valence-corrected chi connectivity index (χ2v) is 11.2. The molecular formula is C15H20NO14P3. The van der Waals surface area contributed by atoms with Crippen LogP contribution in [-0.2, 0) is 36.3 Å². The van der Waals surface area contributed by atoms with Crippen molar-refractivity contribution in [2.75, 3.05) is 13.7 Å². The first kappa shape index (κ1) is 26.2. The third kappa shape index (κ3) is 6.80. The molecule has 1 aromatic heterocycles. The van der Waals surface area contributed by atoms with Crippen molar-refractivity contribution in [3.63, 3.8) is 0 Å². The van der Waals surface area contributed by atoms with Crippen LogP contribution in [0.5, 0.6) is 0 Å². The van der Waals surface area contributed by atoms with Gasteiger partial charge in [-0.3, -0.25) is 4.52 Å². The van der Waals surface area contributed by atoms with E-state index in [1.54, 1.807) is 35.0 Å². The predicted molar refractivity (Wildman–Crippen MR) is 108 cm³/mol. The van der Waals surface area contributed by atoms with Gasteiger partial charge < -0.3 is 38.7 Å². The number of aliphatic hydroxyl groups excluding tert-OH is 1. The summed E-state index contributed by atoms with van der Waals surface area (Å²) in [5, 5.41) is 10.9. The van der Waals surface area contributed by atoms with Crippen molar-refractivity contribution >= 4 is 40.3 Å². The number of methoxy groups -OCH3 is 1. The van der Waals surface area contributed by atoms with Gasteiger partial charge in [0.2, 0.25) is 0 Å². The van der Waals surface area contributed by atoms with Crippen molar-refractivity contribution in [1.82, 2.24) is 4.57 Å². The van der Waals surface area contributed by atoms with Crippen LogP contribution in [0.4, 0.5) is 0 Å². The number of aromatic nitrogens is 1. The number of rotatable bonds is 9. The summed E-state index contributed by atoms with van der Waals surface area (Å²) >= 11 is 0. The number of hydrogen-bond donors (Lipinski definition) is 5. The number of benzene rings is 1. The molecule has 1 aliphatic rings. The molecule has 0 amide bonds. The molecular weight excluding hydrogens is 511 g/mol. The summed E-state index contributed by atoms with van der Waals surface area (Å²) in [6, 6.07) is 6.51. The Morgan fingerprint density at radius 2 is 1.82 bits per heavy atom. The van der Waals surface area contributed by atoms with Gasteiger partial charge in [-0.25, -0.2) is 18.5 Å². The monoisotopic (exact) mass is 531 g/mol. The topological polar surface area (TPSA) is 221 Å². The average Bonchev–Trinajstić information content (AvgIpc) is 3.25. The lowest BCUT2D eigenvalue weighted by Gasteiger charge is -2.19. The summed E-state index contributed by atoms with van der Waals surface area (Å²) in [7, 11) is -15.2. The van der Waals surface area contributed by atoms with Crippen LogP contribution >= 0.6 is 23.5 Å². The van der Waals surface area contributed by atoms with E-state index in [0.717, 1.165) is 0 Å². The van der Waals surface area contributed by atoms with E-state index in [0.29, 0.717) is 16.5 Å². The van der Waals surface area contributed by atoms with Gasteiger partial charge in [-0.1, -0.05) is 0 Å². The molecule has 1 aliphatic heterocycles. The Labute approximate surface area is 185 Å². The first-order valence-electron chi connectivity index (χ1n) is 9.00. The van der Waals surface area contributed by atoms with Crippen LogP contribution in [0.1, 0.15) is 23.0 Å². The molecule has 2 heterocycles. The predicted octanol–water partition coefficient (Wildman–Crippen LogP) is 1.42. The van der Waals surface area contributed by atoms with E-state index in [2.05, 4.69) is 17.9 Å². The van der Waals surface area contributed by atoms with Crippen molar-refractivity contribution < 1.29 is 65.8 Å². The molecule has 1 aromatic carbocycles. The number of carbonyl (C=O) groups excluding carboxylic acids is 1. The minimum atomic E-state index is -5.65. The van der Waals surface area contributed by atoms with E-state index >= 15 is 0 Å². The van der Waals surface area contributed by atoms with E-state index in [-0.39, 0.29) is 6.42 Å². The number of carbonyl (C=O) groups is 1. The summed E-state index contributed by atoms with van der Waals surface area (Å²) in [6.45, 7) is -0.771. The maximum absolute atomic E-state index is 11.8. The average molecular weight is 531 g/mol. The molecule has 0 saturated carbocycles. The zero-order chi connectivity index (χ0) is 24.6. The van der Waals surface area contributed by atoms with Gasteiger partial charge in [0.05, 0.1) is 30.9 Å². The molecule has 184 valence electrons. The molecule has 3 rings (SSSR count). The number of hydrogen-bond acceptors (Lipinski definition) is 10. The van der Waals surface area contributed by atoms with Crippen molar-refractivity contribution in [3.8, 4) is 0 Å². The molecule has 2 aromatic rings. The largest absolute Gasteiger partial charge is 0.490 e. The van der Waals surface area contributed by atoms with Gasteiger partial charge in [-0.15, -0.1) is 0 Å². The normalized spacial score (nSPS) is 25.0. The molecule has 0 aliphatic carbocycles. The fourth-order valence-corrected chi connectivity index (χ4v) is 6.20. The summed E-state index contributed by atoms with van der Waals surface area (Å²) in [6.07, 6.45) is -1.36. The lowest BCUT2D eigenvalue weighted by atomic mass is 10.1. The highest BCUT2D eigenvalue weighted by Gasteiger charge is 2.42. The number of ether oxygens (including phenoxy) is 2. The Bertz CT molecular complexity index is 1170. The lowest BCUT2D eigenvalue weighted by molar-refractivity contribution is -0.0420. The molecule has 2 unspecified atom stereocenters. The third-order valence-corrected chi connectivity index (χ3v) is 8.28. The molecule has 18 heteroatoms. The molecule has 5 N–H and O–H groups in total. The van der Waals surface area contributed by atoms with Crippen molar-refractivity contribution in [2.24, 2.45) is 0 Å². The second-order valence-electron chi connectivity index (χ2n) is 6.81. The first-order valence-corrected chi connectivity index (χ1v) is 13.5. The smallest absolute Gasteiger partial charge is 0.465 e. The standard InChI is InChI=1S/C15H20NO14P3/c1-26-15(18)10-2-3-11-9(6-10)4-5-16(11)14-7-12(17)13(28-14)8-27-32(22,23)30-33(24,25)29-31(19,20)21/h2-6,12-14,17H,7-8H2,1H3,(H,22,23)(H,24,25)(H2,19,20,21)/t12-,13+,14-/m0/s1. The quantitative estimate of drug-likeness (QED) is 0.228. The first-order chi connectivity index (χ1) is 15.2. The molecule has 33 heavy (non-hydrogen) atoms. The third-order valence-electron chi connectivity index (χ3n) is 4.47. The number of aliphatic hydroxyl groups is 1. The van der Waals surface area contributed by atoms with Crippen LogP contribution in [0.25, 0.3) is 10.9 Å². The molecule has 15 nitrogen and oxygen atoms in total. The number of nitrogens with zero attached hydrogens (tertiary/aromatic N) is 1. The highest BCUT2D eigenvalue weighted by Crippen LogP contribution is 2.66. The van der Waals surface area contributed by atoms with Gasteiger partial charge in [0, 0.05) is 18.0 Å². The number of phosphoric ester groups is 1. The Kier molecular flexibility index (Phi) is 7.67. The Morgan fingerprint density at radius 1 is 1.12 bits per heavy atom. The summed E-state index contributed by atoms with van der Waals surface area (Å²) in [5.74, 6) is -0.510. The van der Waals surface area contributed by atoms with Crippen LogP contribution in [-0.4, -0.2) is 61.1 Å². The lowest BCUT2D eigenvalue weighted by Crippen LogP contribution is -2.26. The number of fused-ring (bicyclic) bond motifs is 1. The minimum Gasteiger partial charge on any atom is -0.465 e. The fourth-order valence-electron chi connectivity index (χ4n) is 3.17. The molecule has 1 fully saturated rings. The Balaban J connectivity index is 1.65. The number of phosphoric acid groups is 3. The van der Waals surface area contributed by atoms with E-state index < -0.39 is 54.5 Å². The SMILES string of the molecule is COC(=O)c1ccc2c(ccn2[C@@H]2C[C@H](O)[C@@H](COP(=O)(O)OP(=O)(O)OP(=O)(O)O)O2)c1. The zero-order valence-corrected chi connectivity index (χ0v) is 19.4. The highest BCUT2D eigenvalue weighted by atomic mass is 31.3. The van der Waals surface area contributed by atoms with E-state index in [9.17, 15) is 28.5 Å². The molecule has 5 atom stereocenters. The zero-order valence-electron chi connectivity index (χ0n) is 16.7. The number of esters is 1. The van der Waals surface area contributed by atoms with Gasteiger partial charge in [-0.05, 0) is 24.3 Å². The highest BCUT2D eigenvalue weighted by molar-refractivity contribution is 7.66. The fraction of sp³-hybridized carbons (Fsp3) is 0.400. The van der Waals surface area contributed by atoms with E-state index in [4.69, 9.17) is 19.4 Å². The van der Waals surface area contributed by atoms with Crippen molar-refractivity contribution in [1.29, 1.82) is 0 Å². The Morgan fingerprint density at radius 3 is 2.45 bits per heavy atom. The molecule has 0 bridgehead atoms. The summed E-state index contributed by atoms with van der Waals surface area (Å²) in [4.78, 5) is 47.4. The van der Waals surface area contributed by atoms with Crippen molar-refractivity contribution in [2.45, 2.75) is 24.9 Å². The second kappa shape index (κ2) is 9.67. The molecule has 0 radical (unpaired) electrons. The van der Waals surface area contributed by atoms with Crippen molar-refractivity contribution in [3.05, 3.63) is 36.0 Å². The van der Waals surface area contributed by atoms with E-state index in [1.807, 2.05) is 0 Å². The maximum atomic E-state index is 11.8. The van der Waals surface area contributed by atoms with Gasteiger partial charge in [-0.2, -0.15) is 8.62 Å². The van der Waals surface area contributed by atoms with Gasteiger partial charge >= 0.3 is 29.4 Å². The summed E-state index contributed by atoms with van der Waals surface area (Å²) in [5.41, 5.74) is 0.998. The van der Waals surface area contributed by atoms with Crippen LogP contribution < -0.4 is 0 Å².